The van der Waals surface area contributed by atoms with Gasteiger partial charge in [0.25, 0.3) is 0 Å². The molecular weight excluding hydrogens is 128 g/mol. The summed E-state index contributed by atoms with van der Waals surface area (Å²) < 4.78 is 0. The molecule has 58 valence electrons. The van der Waals surface area contributed by atoms with Crippen LogP contribution in [0.15, 0.2) is 24.8 Å². The SMILES string of the molecule is C=CC(O)C/C=C/CCO. The van der Waals surface area contributed by atoms with Crippen molar-refractivity contribution in [3.05, 3.63) is 24.8 Å². The largest absolute Gasteiger partial charge is 0.396 e. The third-order valence-corrected chi connectivity index (χ3v) is 1.11. The predicted octanol–water partition coefficient (Wildman–Crippen LogP) is 0.862. The van der Waals surface area contributed by atoms with Gasteiger partial charge >= 0.3 is 0 Å². The number of hydrogen-bond acceptors (Lipinski definition) is 2. The molecule has 0 saturated carbocycles. The topological polar surface area (TPSA) is 40.5 Å². The van der Waals surface area contributed by atoms with E-state index in [1.165, 1.54) is 6.08 Å². The van der Waals surface area contributed by atoms with Crippen molar-refractivity contribution in [2.24, 2.45) is 0 Å². The quantitative estimate of drug-likeness (QED) is 0.559. The van der Waals surface area contributed by atoms with Gasteiger partial charge in [0.1, 0.15) is 0 Å². The molecule has 0 aromatic heterocycles. The van der Waals surface area contributed by atoms with E-state index in [4.69, 9.17) is 10.2 Å². The van der Waals surface area contributed by atoms with Crippen LogP contribution in [0.1, 0.15) is 12.8 Å². The molecule has 10 heavy (non-hydrogen) atoms. The van der Waals surface area contributed by atoms with Gasteiger partial charge in [0.2, 0.25) is 0 Å². The molecule has 1 unspecified atom stereocenters. The highest BCUT2D eigenvalue weighted by Crippen LogP contribution is 1.94. The molecule has 2 N–H and O–H groups in total. The molecule has 1 atom stereocenters. The molecular formula is C8H14O2. The summed E-state index contributed by atoms with van der Waals surface area (Å²) in [5.74, 6) is 0. The average Bonchev–Trinajstić information content (AvgIpc) is 1.98. The van der Waals surface area contributed by atoms with Gasteiger partial charge in [0.15, 0.2) is 0 Å². The van der Waals surface area contributed by atoms with Crippen molar-refractivity contribution in [1.82, 2.24) is 0 Å². The number of rotatable bonds is 5. The standard InChI is InChI=1S/C8H14O2/c1-2-8(10)6-4-3-5-7-9/h2-4,8-10H,1,5-7H2/b4-3+. The lowest BCUT2D eigenvalue weighted by atomic mass is 10.2. The summed E-state index contributed by atoms with van der Waals surface area (Å²) in [5.41, 5.74) is 0. The van der Waals surface area contributed by atoms with Crippen LogP contribution in [0.5, 0.6) is 0 Å². The summed E-state index contributed by atoms with van der Waals surface area (Å²) >= 11 is 0. The Labute approximate surface area is 61.5 Å². The van der Waals surface area contributed by atoms with E-state index in [9.17, 15) is 0 Å². The fraction of sp³-hybridized carbons (Fsp3) is 0.500. The van der Waals surface area contributed by atoms with Crippen LogP contribution in [0.4, 0.5) is 0 Å². The Morgan fingerprint density at radius 3 is 2.60 bits per heavy atom. The number of aliphatic hydroxyl groups excluding tert-OH is 2. The molecule has 0 saturated heterocycles. The van der Waals surface area contributed by atoms with E-state index in [1.54, 1.807) is 0 Å². The van der Waals surface area contributed by atoms with Gasteiger partial charge in [-0.2, -0.15) is 0 Å². The highest BCUT2D eigenvalue weighted by molar-refractivity contribution is 4.89. The Morgan fingerprint density at radius 1 is 1.40 bits per heavy atom. The summed E-state index contributed by atoms with van der Waals surface area (Å²) in [5, 5.41) is 17.3. The van der Waals surface area contributed by atoms with E-state index in [1.807, 2.05) is 12.2 Å². The van der Waals surface area contributed by atoms with Gasteiger partial charge in [0, 0.05) is 6.61 Å². The van der Waals surface area contributed by atoms with E-state index in [0.29, 0.717) is 12.8 Å². The zero-order valence-electron chi connectivity index (χ0n) is 6.03. The Bertz CT molecular complexity index is 108. The maximum atomic E-state index is 8.93. The molecule has 0 spiro atoms. The van der Waals surface area contributed by atoms with Gasteiger partial charge in [-0.05, 0) is 12.8 Å². The summed E-state index contributed by atoms with van der Waals surface area (Å²) in [4.78, 5) is 0. The van der Waals surface area contributed by atoms with Crippen molar-refractivity contribution < 1.29 is 10.2 Å². The normalized spacial score (nSPS) is 13.8. The van der Waals surface area contributed by atoms with Gasteiger partial charge in [0.05, 0.1) is 6.10 Å². The molecule has 0 bridgehead atoms. The second kappa shape index (κ2) is 6.52. The first-order valence-electron chi connectivity index (χ1n) is 3.37. The first-order valence-corrected chi connectivity index (χ1v) is 3.37. The van der Waals surface area contributed by atoms with Crippen LogP contribution in [0.3, 0.4) is 0 Å². The predicted molar refractivity (Wildman–Crippen MR) is 41.7 cm³/mol. The van der Waals surface area contributed by atoms with E-state index in [-0.39, 0.29) is 6.61 Å². The van der Waals surface area contributed by atoms with Crippen LogP contribution in [0.2, 0.25) is 0 Å². The molecule has 0 radical (unpaired) electrons. The van der Waals surface area contributed by atoms with Crippen molar-refractivity contribution in [3.8, 4) is 0 Å². The molecule has 0 heterocycles. The van der Waals surface area contributed by atoms with E-state index >= 15 is 0 Å². The summed E-state index contributed by atoms with van der Waals surface area (Å²) in [6, 6.07) is 0. The first-order chi connectivity index (χ1) is 4.81. The first kappa shape index (κ1) is 9.40. The zero-order chi connectivity index (χ0) is 7.82. The van der Waals surface area contributed by atoms with Gasteiger partial charge in [-0.1, -0.05) is 18.2 Å². The molecule has 0 aliphatic rings. The highest BCUT2D eigenvalue weighted by Gasteiger charge is 1.90. The molecule has 0 aliphatic carbocycles. The smallest absolute Gasteiger partial charge is 0.0752 e. The van der Waals surface area contributed by atoms with E-state index < -0.39 is 6.10 Å². The third kappa shape index (κ3) is 5.54. The maximum absolute atomic E-state index is 8.93. The molecule has 2 nitrogen and oxygen atoms in total. The number of hydrogen-bond donors (Lipinski definition) is 2. The van der Waals surface area contributed by atoms with Crippen LogP contribution in [0.25, 0.3) is 0 Å². The van der Waals surface area contributed by atoms with Crippen molar-refractivity contribution in [2.75, 3.05) is 6.61 Å². The Kier molecular flexibility index (Phi) is 6.13. The van der Waals surface area contributed by atoms with Crippen LogP contribution in [-0.2, 0) is 0 Å². The second-order valence-corrected chi connectivity index (χ2v) is 2.02. The Hall–Kier alpha value is -0.600. The fourth-order valence-corrected chi connectivity index (χ4v) is 0.524. The maximum Gasteiger partial charge on any atom is 0.0752 e. The summed E-state index contributed by atoms with van der Waals surface area (Å²) in [7, 11) is 0. The monoisotopic (exact) mass is 142 g/mol. The lowest BCUT2D eigenvalue weighted by molar-refractivity contribution is 0.227. The van der Waals surface area contributed by atoms with Crippen molar-refractivity contribution >= 4 is 0 Å². The molecule has 0 aromatic rings. The second-order valence-electron chi connectivity index (χ2n) is 2.02. The minimum absolute atomic E-state index is 0.167. The minimum atomic E-state index is -0.449. The summed E-state index contributed by atoms with van der Waals surface area (Å²) in [6.07, 6.45) is 5.96. The van der Waals surface area contributed by atoms with Crippen molar-refractivity contribution in [2.45, 2.75) is 18.9 Å². The Morgan fingerprint density at radius 2 is 2.10 bits per heavy atom. The molecule has 0 aromatic carbocycles. The van der Waals surface area contributed by atoms with Crippen LogP contribution in [0, 0.1) is 0 Å². The van der Waals surface area contributed by atoms with Crippen LogP contribution in [-0.4, -0.2) is 22.9 Å². The lowest BCUT2D eigenvalue weighted by Gasteiger charge is -1.97. The third-order valence-electron chi connectivity index (χ3n) is 1.11. The molecule has 0 fully saturated rings. The van der Waals surface area contributed by atoms with Crippen molar-refractivity contribution in [3.63, 3.8) is 0 Å². The highest BCUT2D eigenvalue weighted by atomic mass is 16.3. The molecule has 0 rings (SSSR count). The van der Waals surface area contributed by atoms with Gasteiger partial charge < -0.3 is 10.2 Å². The lowest BCUT2D eigenvalue weighted by Crippen LogP contribution is -1.97. The van der Waals surface area contributed by atoms with Gasteiger partial charge in [-0.15, -0.1) is 6.58 Å². The van der Waals surface area contributed by atoms with Crippen LogP contribution >= 0.6 is 0 Å². The zero-order valence-corrected chi connectivity index (χ0v) is 6.03. The van der Waals surface area contributed by atoms with E-state index in [0.717, 1.165) is 0 Å². The fourth-order valence-electron chi connectivity index (χ4n) is 0.524. The average molecular weight is 142 g/mol. The van der Waals surface area contributed by atoms with Crippen molar-refractivity contribution in [1.29, 1.82) is 0 Å². The van der Waals surface area contributed by atoms with Gasteiger partial charge in [-0.25, -0.2) is 0 Å². The van der Waals surface area contributed by atoms with Gasteiger partial charge in [-0.3, -0.25) is 0 Å². The molecule has 0 amide bonds. The minimum Gasteiger partial charge on any atom is -0.396 e. The summed E-state index contributed by atoms with van der Waals surface area (Å²) in [6.45, 7) is 3.59. The molecule has 2 heteroatoms. The number of aliphatic hydroxyl groups is 2. The van der Waals surface area contributed by atoms with E-state index in [2.05, 4.69) is 6.58 Å². The van der Waals surface area contributed by atoms with Crippen LogP contribution < -0.4 is 0 Å². The Balaban J connectivity index is 3.24. The molecule has 0 aliphatic heterocycles.